The van der Waals surface area contributed by atoms with Crippen molar-refractivity contribution in [1.82, 2.24) is 10.2 Å². The van der Waals surface area contributed by atoms with Gasteiger partial charge < -0.3 is 10.1 Å². The molecule has 1 aromatic rings. The van der Waals surface area contributed by atoms with E-state index in [0.717, 1.165) is 12.8 Å². The monoisotopic (exact) mass is 283 g/mol. The predicted molar refractivity (Wildman–Crippen MR) is 70.9 cm³/mol. The van der Waals surface area contributed by atoms with Crippen LogP contribution in [0.2, 0.25) is 0 Å². The van der Waals surface area contributed by atoms with Gasteiger partial charge in [0.2, 0.25) is 5.13 Å². The first-order valence-electron chi connectivity index (χ1n) is 6.31. The molecule has 1 aliphatic rings. The zero-order valence-electron chi connectivity index (χ0n) is 11.0. The van der Waals surface area contributed by atoms with Crippen LogP contribution < -0.4 is 5.32 Å². The number of Topliss-reactive ketones (excluding diaryl/α,β-unsaturated/α-hetero) is 1. The Labute approximate surface area is 115 Å². The summed E-state index contributed by atoms with van der Waals surface area (Å²) in [4.78, 5) is 23.9. The Hall–Kier alpha value is -1.50. The largest absolute Gasteiger partial charge is 0.451 e. The summed E-state index contributed by atoms with van der Waals surface area (Å²) in [7, 11) is 0. The van der Waals surface area contributed by atoms with E-state index in [-0.39, 0.29) is 24.2 Å². The Morgan fingerprint density at radius 3 is 3.11 bits per heavy atom. The van der Waals surface area contributed by atoms with Gasteiger partial charge in [-0.2, -0.15) is 0 Å². The van der Waals surface area contributed by atoms with Crippen molar-refractivity contribution in [2.45, 2.75) is 38.7 Å². The van der Waals surface area contributed by atoms with Gasteiger partial charge in [0.1, 0.15) is 5.51 Å². The Kier molecular flexibility index (Phi) is 4.14. The number of esters is 1. The number of cyclic esters (lactones) is 1. The molecule has 2 atom stereocenters. The van der Waals surface area contributed by atoms with E-state index in [0.29, 0.717) is 11.6 Å². The van der Waals surface area contributed by atoms with Crippen molar-refractivity contribution in [3.8, 4) is 0 Å². The fourth-order valence-electron chi connectivity index (χ4n) is 2.23. The lowest BCUT2D eigenvalue weighted by Gasteiger charge is -2.20. The number of anilines is 1. The second kappa shape index (κ2) is 5.64. The number of rotatable bonds is 6. The molecule has 19 heavy (non-hydrogen) atoms. The molecule has 0 saturated carbocycles. The van der Waals surface area contributed by atoms with E-state index in [4.69, 9.17) is 4.74 Å². The van der Waals surface area contributed by atoms with E-state index >= 15 is 0 Å². The van der Waals surface area contributed by atoms with E-state index in [1.165, 1.54) is 11.3 Å². The van der Waals surface area contributed by atoms with Gasteiger partial charge in [0.25, 0.3) is 0 Å². The summed E-state index contributed by atoms with van der Waals surface area (Å²) in [5.74, 6) is -0.538. The van der Waals surface area contributed by atoms with Gasteiger partial charge in [-0.05, 0) is 13.3 Å². The van der Waals surface area contributed by atoms with Gasteiger partial charge in [-0.3, -0.25) is 9.59 Å². The Morgan fingerprint density at radius 1 is 1.68 bits per heavy atom. The van der Waals surface area contributed by atoms with E-state index < -0.39 is 5.60 Å². The van der Waals surface area contributed by atoms with Crippen LogP contribution in [0.4, 0.5) is 5.13 Å². The molecule has 6 nitrogen and oxygen atoms in total. The zero-order chi connectivity index (χ0) is 13.9. The van der Waals surface area contributed by atoms with E-state index in [1.54, 1.807) is 12.4 Å². The molecule has 1 N–H and O–H groups in total. The number of hydrogen-bond acceptors (Lipinski definition) is 7. The number of hydrogen-bond donors (Lipinski definition) is 1. The van der Waals surface area contributed by atoms with Crippen LogP contribution >= 0.6 is 11.3 Å². The molecule has 1 saturated heterocycles. The molecule has 0 bridgehead atoms. The van der Waals surface area contributed by atoms with Crippen LogP contribution in [0.3, 0.4) is 0 Å². The molecule has 2 unspecified atom stereocenters. The molecule has 104 valence electrons. The molecule has 1 aromatic heterocycles. The maximum Gasteiger partial charge on any atom is 0.310 e. The first kappa shape index (κ1) is 13.9. The second-order valence-corrected chi connectivity index (χ2v) is 5.70. The maximum absolute atomic E-state index is 12.2. The van der Waals surface area contributed by atoms with Crippen molar-refractivity contribution in [3.63, 3.8) is 0 Å². The highest BCUT2D eigenvalue weighted by molar-refractivity contribution is 7.13. The highest BCUT2D eigenvalue weighted by atomic mass is 32.1. The fourth-order valence-corrected chi connectivity index (χ4v) is 2.68. The van der Waals surface area contributed by atoms with E-state index in [1.807, 2.05) is 6.92 Å². The van der Waals surface area contributed by atoms with Crippen molar-refractivity contribution in [2.24, 2.45) is 5.92 Å². The number of nitrogens with zero attached hydrogens (tertiary/aromatic N) is 2. The highest BCUT2D eigenvalue weighted by Crippen LogP contribution is 2.34. The maximum atomic E-state index is 12.2. The summed E-state index contributed by atoms with van der Waals surface area (Å²) in [5, 5.41) is 10.9. The number of carbonyl (C=O) groups is 2. The summed E-state index contributed by atoms with van der Waals surface area (Å²) >= 11 is 1.32. The Balaban J connectivity index is 1.93. The van der Waals surface area contributed by atoms with Gasteiger partial charge in [0.05, 0.1) is 12.5 Å². The molecule has 1 aliphatic heterocycles. The van der Waals surface area contributed by atoms with Gasteiger partial charge >= 0.3 is 5.97 Å². The zero-order valence-corrected chi connectivity index (χ0v) is 11.8. The normalized spacial score (nSPS) is 26.2. The Bertz CT molecular complexity index is 463. The lowest BCUT2D eigenvalue weighted by molar-refractivity contribution is -0.156. The van der Waals surface area contributed by atoms with Gasteiger partial charge in [-0.25, -0.2) is 0 Å². The fraction of sp³-hybridized carbons (Fsp3) is 0.667. The quantitative estimate of drug-likeness (QED) is 0.799. The molecular weight excluding hydrogens is 266 g/mol. The van der Waals surface area contributed by atoms with Gasteiger partial charge in [0.15, 0.2) is 11.4 Å². The molecule has 7 heteroatoms. The van der Waals surface area contributed by atoms with Crippen LogP contribution in [0.25, 0.3) is 0 Å². The summed E-state index contributed by atoms with van der Waals surface area (Å²) < 4.78 is 5.28. The third-order valence-electron chi connectivity index (χ3n) is 3.28. The number of aromatic nitrogens is 2. The average molecular weight is 283 g/mol. The van der Waals surface area contributed by atoms with Crippen LogP contribution in [0.1, 0.15) is 33.1 Å². The summed E-state index contributed by atoms with van der Waals surface area (Å²) in [6.07, 6.45) is 2.15. The molecule has 0 aliphatic carbocycles. The van der Waals surface area contributed by atoms with Crippen molar-refractivity contribution in [1.29, 1.82) is 0 Å². The number of ketones is 1. The van der Waals surface area contributed by atoms with Crippen LogP contribution in [-0.2, 0) is 14.3 Å². The smallest absolute Gasteiger partial charge is 0.310 e. The summed E-state index contributed by atoms with van der Waals surface area (Å²) in [6.45, 7) is 3.80. The molecule has 1 fully saturated rings. The molecule has 0 spiro atoms. The Morgan fingerprint density at radius 2 is 2.47 bits per heavy atom. The first-order valence-corrected chi connectivity index (χ1v) is 7.19. The first-order chi connectivity index (χ1) is 9.05. The topological polar surface area (TPSA) is 81.2 Å². The van der Waals surface area contributed by atoms with Crippen LogP contribution in [0, 0.1) is 5.92 Å². The highest BCUT2D eigenvalue weighted by Gasteiger charge is 2.47. The third kappa shape index (κ3) is 3.09. The molecule has 2 heterocycles. The molecule has 2 rings (SSSR count). The van der Waals surface area contributed by atoms with E-state index in [2.05, 4.69) is 15.5 Å². The minimum Gasteiger partial charge on any atom is -0.451 e. The van der Waals surface area contributed by atoms with Crippen molar-refractivity contribution < 1.29 is 14.3 Å². The SMILES string of the molecule is CCCC1CC(C)(C(=O)CNc2nncs2)OC1=O. The van der Waals surface area contributed by atoms with Crippen LogP contribution in [0.5, 0.6) is 0 Å². The lowest BCUT2D eigenvalue weighted by Crippen LogP contribution is -2.39. The number of nitrogens with one attached hydrogen (secondary N) is 1. The van der Waals surface area contributed by atoms with Crippen LogP contribution in [0.15, 0.2) is 5.51 Å². The number of carbonyl (C=O) groups excluding carboxylic acids is 2. The molecular formula is C12H17N3O3S. The third-order valence-corrected chi connectivity index (χ3v) is 3.93. The predicted octanol–water partition coefficient (Wildman–Crippen LogP) is 1.64. The van der Waals surface area contributed by atoms with Gasteiger partial charge in [-0.1, -0.05) is 24.7 Å². The summed E-state index contributed by atoms with van der Waals surface area (Å²) in [5.41, 5.74) is 0.579. The van der Waals surface area contributed by atoms with Gasteiger partial charge in [0, 0.05) is 6.42 Å². The molecule has 0 amide bonds. The van der Waals surface area contributed by atoms with Crippen molar-refractivity contribution in [3.05, 3.63) is 5.51 Å². The average Bonchev–Trinajstić information content (AvgIpc) is 2.96. The van der Waals surface area contributed by atoms with Crippen molar-refractivity contribution >= 4 is 28.2 Å². The van der Waals surface area contributed by atoms with Crippen LogP contribution in [-0.4, -0.2) is 34.1 Å². The molecule has 0 aromatic carbocycles. The second-order valence-electron chi connectivity index (χ2n) is 4.86. The summed E-state index contributed by atoms with van der Waals surface area (Å²) in [6, 6.07) is 0. The number of ether oxygens (including phenoxy) is 1. The minimum atomic E-state index is -1.01. The molecule has 0 radical (unpaired) electrons. The lowest BCUT2D eigenvalue weighted by atomic mass is 9.89. The standard InChI is InChI=1S/C12H17N3O3S/c1-3-4-8-5-12(2,18-10(8)17)9(16)6-13-11-15-14-7-19-11/h7-8H,3-6H2,1-2H3,(H,13,15). The van der Waals surface area contributed by atoms with Gasteiger partial charge in [-0.15, -0.1) is 10.2 Å². The minimum absolute atomic E-state index is 0.0951. The van der Waals surface area contributed by atoms with Crippen molar-refractivity contribution in [2.75, 3.05) is 11.9 Å². The van der Waals surface area contributed by atoms with E-state index in [9.17, 15) is 9.59 Å².